The van der Waals surface area contributed by atoms with Crippen LogP contribution in [0.15, 0.2) is 54.6 Å². The lowest BCUT2D eigenvalue weighted by molar-refractivity contribution is 0.104. The van der Waals surface area contributed by atoms with Crippen LogP contribution in [0, 0.1) is 0 Å². The number of methoxy groups -OCH3 is 1. The third-order valence-electron chi connectivity index (χ3n) is 4.40. The first-order chi connectivity index (χ1) is 11.8. The highest BCUT2D eigenvalue weighted by Gasteiger charge is 2.10. The van der Waals surface area contributed by atoms with Gasteiger partial charge in [0.25, 0.3) is 0 Å². The molecule has 2 aromatic rings. The van der Waals surface area contributed by atoms with Crippen LogP contribution < -0.4 is 9.64 Å². The Morgan fingerprint density at radius 1 is 1.04 bits per heavy atom. The fraction of sp³-hybridized carbons (Fsp3) is 0.286. The molecule has 0 spiro atoms. The van der Waals surface area contributed by atoms with Gasteiger partial charge in [-0.25, -0.2) is 0 Å². The second-order valence-electron chi connectivity index (χ2n) is 6.07. The molecule has 1 saturated heterocycles. The molecule has 2 aromatic carbocycles. The lowest BCUT2D eigenvalue weighted by Gasteiger charge is -2.28. The van der Waals surface area contributed by atoms with E-state index in [9.17, 15) is 4.79 Å². The molecule has 0 unspecified atom stereocenters. The summed E-state index contributed by atoms with van der Waals surface area (Å²) in [5.41, 5.74) is 2.94. The van der Waals surface area contributed by atoms with Gasteiger partial charge < -0.3 is 9.64 Å². The Kier molecular flexibility index (Phi) is 5.32. The van der Waals surface area contributed by atoms with Crippen molar-refractivity contribution in [1.29, 1.82) is 0 Å². The Labute approximate surface area is 143 Å². The number of benzene rings is 2. The fourth-order valence-corrected chi connectivity index (χ4v) is 2.99. The van der Waals surface area contributed by atoms with Crippen molar-refractivity contribution < 1.29 is 9.53 Å². The van der Waals surface area contributed by atoms with Crippen molar-refractivity contribution in [3.63, 3.8) is 0 Å². The Balaban J connectivity index is 1.66. The molecule has 124 valence electrons. The van der Waals surface area contributed by atoms with Crippen LogP contribution in [0.1, 0.15) is 35.2 Å². The van der Waals surface area contributed by atoms with Crippen LogP contribution in [0.4, 0.5) is 5.69 Å². The van der Waals surface area contributed by atoms with E-state index in [-0.39, 0.29) is 5.78 Å². The fourth-order valence-electron chi connectivity index (χ4n) is 2.99. The second kappa shape index (κ2) is 7.82. The van der Waals surface area contributed by atoms with E-state index in [1.807, 2.05) is 18.2 Å². The van der Waals surface area contributed by atoms with Crippen molar-refractivity contribution in [3.05, 3.63) is 65.7 Å². The molecule has 1 aliphatic heterocycles. The van der Waals surface area contributed by atoms with E-state index < -0.39 is 0 Å². The normalized spacial score (nSPS) is 14.8. The highest BCUT2D eigenvalue weighted by Crippen LogP contribution is 2.21. The predicted molar refractivity (Wildman–Crippen MR) is 98.9 cm³/mol. The standard InChI is InChI=1S/C21H23NO2/c1-24-20-7-5-6-18(16-20)21(23)13-10-17-8-11-19(12-9-17)22-14-3-2-4-15-22/h5-13,16H,2-4,14-15H2,1H3/b13-10+. The number of carbonyl (C=O) groups is 1. The Morgan fingerprint density at radius 2 is 1.79 bits per heavy atom. The number of hydrogen-bond donors (Lipinski definition) is 0. The topological polar surface area (TPSA) is 29.5 Å². The molecule has 0 saturated carbocycles. The molecular weight excluding hydrogens is 298 g/mol. The zero-order chi connectivity index (χ0) is 16.8. The van der Waals surface area contributed by atoms with Gasteiger partial charge in [0, 0.05) is 24.3 Å². The van der Waals surface area contributed by atoms with E-state index in [0.29, 0.717) is 11.3 Å². The van der Waals surface area contributed by atoms with Crippen LogP contribution >= 0.6 is 0 Å². The largest absolute Gasteiger partial charge is 0.497 e. The summed E-state index contributed by atoms with van der Waals surface area (Å²) in [7, 11) is 1.60. The molecule has 3 rings (SSSR count). The average molecular weight is 321 g/mol. The van der Waals surface area contributed by atoms with Crippen molar-refractivity contribution in [2.75, 3.05) is 25.1 Å². The van der Waals surface area contributed by atoms with Crippen molar-refractivity contribution >= 4 is 17.5 Å². The number of ether oxygens (including phenoxy) is 1. The number of allylic oxidation sites excluding steroid dienone is 1. The third-order valence-corrected chi connectivity index (χ3v) is 4.40. The van der Waals surface area contributed by atoms with Gasteiger partial charge in [0.1, 0.15) is 5.75 Å². The third kappa shape index (κ3) is 4.05. The molecule has 0 N–H and O–H groups in total. The van der Waals surface area contributed by atoms with Gasteiger partial charge >= 0.3 is 0 Å². The summed E-state index contributed by atoms with van der Waals surface area (Å²) in [4.78, 5) is 14.7. The maximum Gasteiger partial charge on any atom is 0.185 e. The summed E-state index contributed by atoms with van der Waals surface area (Å²) in [6, 6.07) is 15.6. The molecule has 0 aromatic heterocycles. The molecule has 0 aliphatic carbocycles. The number of hydrogen-bond acceptors (Lipinski definition) is 3. The lowest BCUT2D eigenvalue weighted by Crippen LogP contribution is -2.29. The molecule has 0 bridgehead atoms. The summed E-state index contributed by atoms with van der Waals surface area (Å²) in [5, 5.41) is 0. The average Bonchev–Trinajstić information content (AvgIpc) is 2.67. The van der Waals surface area contributed by atoms with E-state index >= 15 is 0 Å². The Hall–Kier alpha value is -2.55. The minimum Gasteiger partial charge on any atom is -0.497 e. The van der Waals surface area contributed by atoms with Crippen LogP contribution in [-0.4, -0.2) is 26.0 Å². The second-order valence-corrected chi connectivity index (χ2v) is 6.07. The van der Waals surface area contributed by atoms with Gasteiger partial charge in [-0.15, -0.1) is 0 Å². The van der Waals surface area contributed by atoms with Crippen LogP contribution in [0.3, 0.4) is 0 Å². The molecular formula is C21H23NO2. The molecule has 1 heterocycles. The van der Waals surface area contributed by atoms with E-state index in [0.717, 1.165) is 18.7 Å². The summed E-state index contributed by atoms with van der Waals surface area (Å²) >= 11 is 0. The maximum atomic E-state index is 12.2. The maximum absolute atomic E-state index is 12.2. The minimum atomic E-state index is -0.0194. The smallest absolute Gasteiger partial charge is 0.185 e. The molecule has 3 heteroatoms. The summed E-state index contributed by atoms with van der Waals surface area (Å²) in [6.07, 6.45) is 7.36. The van der Waals surface area contributed by atoms with Crippen molar-refractivity contribution in [3.8, 4) is 5.75 Å². The number of ketones is 1. The molecule has 1 aliphatic rings. The van der Waals surface area contributed by atoms with Crippen LogP contribution in [0.2, 0.25) is 0 Å². The molecule has 0 amide bonds. The summed E-state index contributed by atoms with van der Waals surface area (Å²) in [5.74, 6) is 0.675. The monoisotopic (exact) mass is 321 g/mol. The van der Waals surface area contributed by atoms with Crippen molar-refractivity contribution in [2.24, 2.45) is 0 Å². The first-order valence-corrected chi connectivity index (χ1v) is 8.48. The number of nitrogens with zero attached hydrogens (tertiary/aromatic N) is 1. The minimum absolute atomic E-state index is 0.0194. The number of piperidine rings is 1. The quantitative estimate of drug-likeness (QED) is 0.596. The number of rotatable bonds is 5. The molecule has 24 heavy (non-hydrogen) atoms. The van der Waals surface area contributed by atoms with Gasteiger partial charge in [-0.05, 0) is 55.2 Å². The Morgan fingerprint density at radius 3 is 2.50 bits per heavy atom. The predicted octanol–water partition coefficient (Wildman–Crippen LogP) is 4.58. The summed E-state index contributed by atoms with van der Waals surface area (Å²) in [6.45, 7) is 2.28. The number of anilines is 1. The van der Waals surface area contributed by atoms with Gasteiger partial charge in [0.05, 0.1) is 7.11 Å². The highest BCUT2D eigenvalue weighted by atomic mass is 16.5. The molecule has 0 radical (unpaired) electrons. The van der Waals surface area contributed by atoms with E-state index in [2.05, 4.69) is 29.2 Å². The first kappa shape index (κ1) is 16.3. The van der Waals surface area contributed by atoms with Crippen LogP contribution in [0.5, 0.6) is 5.75 Å². The number of carbonyl (C=O) groups excluding carboxylic acids is 1. The van der Waals surface area contributed by atoms with Crippen LogP contribution in [0.25, 0.3) is 6.08 Å². The van der Waals surface area contributed by atoms with Gasteiger partial charge in [0.2, 0.25) is 0 Å². The lowest BCUT2D eigenvalue weighted by atomic mass is 10.1. The van der Waals surface area contributed by atoms with E-state index in [4.69, 9.17) is 4.74 Å². The zero-order valence-corrected chi connectivity index (χ0v) is 14.1. The van der Waals surface area contributed by atoms with Gasteiger partial charge in [-0.3, -0.25) is 4.79 Å². The molecule has 1 fully saturated rings. The van der Waals surface area contributed by atoms with Gasteiger partial charge in [-0.2, -0.15) is 0 Å². The van der Waals surface area contributed by atoms with E-state index in [1.54, 1.807) is 25.3 Å². The highest BCUT2D eigenvalue weighted by molar-refractivity contribution is 6.07. The van der Waals surface area contributed by atoms with Crippen molar-refractivity contribution in [2.45, 2.75) is 19.3 Å². The van der Waals surface area contributed by atoms with Gasteiger partial charge in [-0.1, -0.05) is 30.3 Å². The SMILES string of the molecule is COc1cccc(C(=O)/C=C/c2ccc(N3CCCCC3)cc2)c1. The molecule has 0 atom stereocenters. The van der Waals surface area contributed by atoms with Gasteiger partial charge in [0.15, 0.2) is 5.78 Å². The summed E-state index contributed by atoms with van der Waals surface area (Å²) < 4.78 is 5.16. The van der Waals surface area contributed by atoms with Crippen LogP contribution in [-0.2, 0) is 0 Å². The first-order valence-electron chi connectivity index (χ1n) is 8.48. The zero-order valence-electron chi connectivity index (χ0n) is 14.1. The van der Waals surface area contributed by atoms with E-state index in [1.165, 1.54) is 24.9 Å². The molecule has 3 nitrogen and oxygen atoms in total. The Bertz CT molecular complexity index is 713. The van der Waals surface area contributed by atoms with Crippen molar-refractivity contribution in [1.82, 2.24) is 0 Å².